The first-order valence-corrected chi connectivity index (χ1v) is 6.31. The SMILES string of the molecule is CO/N=C(\COc1cccc(CO)c1)c1ccccc1. The maximum Gasteiger partial charge on any atom is 0.134 e. The molecule has 104 valence electrons. The Morgan fingerprint density at radius 3 is 2.60 bits per heavy atom. The van der Waals surface area contributed by atoms with Crippen molar-refractivity contribution in [2.45, 2.75) is 6.61 Å². The second kappa shape index (κ2) is 7.31. The molecule has 0 aliphatic rings. The molecular weight excluding hydrogens is 254 g/mol. The average Bonchev–Trinajstić information content (AvgIpc) is 2.52. The molecule has 0 spiro atoms. The lowest BCUT2D eigenvalue weighted by Gasteiger charge is -2.09. The van der Waals surface area contributed by atoms with E-state index in [1.165, 1.54) is 7.11 Å². The van der Waals surface area contributed by atoms with E-state index in [4.69, 9.17) is 14.7 Å². The van der Waals surface area contributed by atoms with E-state index in [1.54, 1.807) is 6.07 Å². The zero-order valence-corrected chi connectivity index (χ0v) is 11.3. The van der Waals surface area contributed by atoms with Crippen LogP contribution in [-0.2, 0) is 11.4 Å². The van der Waals surface area contributed by atoms with Gasteiger partial charge in [-0.25, -0.2) is 0 Å². The van der Waals surface area contributed by atoms with E-state index >= 15 is 0 Å². The predicted octanol–water partition coefficient (Wildman–Crippen LogP) is 2.61. The maximum absolute atomic E-state index is 9.10. The van der Waals surface area contributed by atoms with Gasteiger partial charge in [-0.3, -0.25) is 0 Å². The Morgan fingerprint density at radius 1 is 1.10 bits per heavy atom. The fourth-order valence-corrected chi connectivity index (χ4v) is 1.79. The van der Waals surface area contributed by atoms with Crippen LogP contribution in [0.3, 0.4) is 0 Å². The molecule has 0 fully saturated rings. The molecule has 0 aliphatic heterocycles. The lowest BCUT2D eigenvalue weighted by molar-refractivity contribution is 0.210. The van der Waals surface area contributed by atoms with Crippen LogP contribution in [0.1, 0.15) is 11.1 Å². The van der Waals surface area contributed by atoms with E-state index in [0.29, 0.717) is 18.1 Å². The number of nitrogens with zero attached hydrogens (tertiary/aromatic N) is 1. The van der Waals surface area contributed by atoms with Crippen LogP contribution in [-0.4, -0.2) is 24.5 Å². The van der Waals surface area contributed by atoms with Crippen LogP contribution in [0.5, 0.6) is 5.75 Å². The van der Waals surface area contributed by atoms with Gasteiger partial charge in [-0.2, -0.15) is 0 Å². The van der Waals surface area contributed by atoms with Crippen molar-refractivity contribution in [1.29, 1.82) is 0 Å². The quantitative estimate of drug-likeness (QED) is 0.649. The van der Waals surface area contributed by atoms with Crippen LogP contribution in [0.2, 0.25) is 0 Å². The smallest absolute Gasteiger partial charge is 0.134 e. The van der Waals surface area contributed by atoms with Gasteiger partial charge in [0.05, 0.1) is 6.61 Å². The molecule has 1 N–H and O–H groups in total. The Kier molecular flexibility index (Phi) is 5.15. The van der Waals surface area contributed by atoms with Crippen molar-refractivity contribution in [3.05, 3.63) is 65.7 Å². The van der Waals surface area contributed by atoms with E-state index < -0.39 is 0 Å². The second-order valence-corrected chi connectivity index (χ2v) is 4.18. The van der Waals surface area contributed by atoms with Gasteiger partial charge >= 0.3 is 0 Å². The molecule has 0 aliphatic carbocycles. The monoisotopic (exact) mass is 271 g/mol. The molecule has 0 amide bonds. The summed E-state index contributed by atoms with van der Waals surface area (Å²) in [5.41, 5.74) is 2.47. The van der Waals surface area contributed by atoms with Gasteiger partial charge < -0.3 is 14.7 Å². The number of rotatable bonds is 6. The molecular formula is C16H17NO3. The summed E-state index contributed by atoms with van der Waals surface area (Å²) in [7, 11) is 1.51. The van der Waals surface area contributed by atoms with Crippen LogP contribution in [0, 0.1) is 0 Å². The van der Waals surface area contributed by atoms with Crippen LogP contribution in [0.15, 0.2) is 59.8 Å². The first kappa shape index (κ1) is 14.1. The highest BCUT2D eigenvalue weighted by Crippen LogP contribution is 2.14. The first-order valence-electron chi connectivity index (χ1n) is 6.31. The third-order valence-corrected chi connectivity index (χ3v) is 2.77. The molecule has 0 radical (unpaired) electrons. The molecule has 2 aromatic carbocycles. The summed E-state index contributed by atoms with van der Waals surface area (Å²) in [6.07, 6.45) is 0. The van der Waals surface area contributed by atoms with E-state index in [-0.39, 0.29) is 6.61 Å². The predicted molar refractivity (Wildman–Crippen MR) is 77.8 cm³/mol. The molecule has 2 aromatic rings. The zero-order chi connectivity index (χ0) is 14.2. The third kappa shape index (κ3) is 3.83. The van der Waals surface area contributed by atoms with E-state index in [9.17, 15) is 0 Å². The minimum absolute atomic E-state index is 0.00506. The molecule has 0 bridgehead atoms. The van der Waals surface area contributed by atoms with Crippen molar-refractivity contribution in [3.8, 4) is 5.75 Å². The summed E-state index contributed by atoms with van der Waals surface area (Å²) in [4.78, 5) is 4.86. The molecule has 0 saturated carbocycles. The Balaban J connectivity index is 2.08. The van der Waals surface area contributed by atoms with Gasteiger partial charge in [-0.05, 0) is 17.7 Å². The summed E-state index contributed by atoms with van der Waals surface area (Å²) in [6.45, 7) is 0.293. The number of benzene rings is 2. The molecule has 0 atom stereocenters. The maximum atomic E-state index is 9.10. The Bertz CT molecular complexity index is 567. The second-order valence-electron chi connectivity index (χ2n) is 4.18. The van der Waals surface area contributed by atoms with Gasteiger partial charge in [0.15, 0.2) is 0 Å². The molecule has 2 rings (SSSR count). The first-order chi connectivity index (χ1) is 9.83. The molecule has 0 saturated heterocycles. The van der Waals surface area contributed by atoms with Gasteiger partial charge in [-0.15, -0.1) is 0 Å². The van der Waals surface area contributed by atoms with Crippen LogP contribution in [0.4, 0.5) is 0 Å². The molecule has 0 unspecified atom stereocenters. The van der Waals surface area contributed by atoms with Crippen molar-refractivity contribution in [2.24, 2.45) is 5.16 Å². The lowest BCUT2D eigenvalue weighted by atomic mass is 10.1. The standard InChI is InChI=1S/C16H17NO3/c1-19-17-16(14-7-3-2-4-8-14)12-20-15-9-5-6-13(10-15)11-18/h2-10,18H,11-12H2,1H3/b17-16+. The summed E-state index contributed by atoms with van der Waals surface area (Å²) < 4.78 is 5.70. The van der Waals surface area contributed by atoms with Gasteiger partial charge in [0.25, 0.3) is 0 Å². The molecule has 0 heterocycles. The molecule has 4 nitrogen and oxygen atoms in total. The molecule has 20 heavy (non-hydrogen) atoms. The Labute approximate surface area is 118 Å². The lowest BCUT2D eigenvalue weighted by Crippen LogP contribution is -2.13. The number of hydrogen-bond acceptors (Lipinski definition) is 4. The number of oxime groups is 1. The minimum Gasteiger partial charge on any atom is -0.487 e. The van der Waals surface area contributed by atoms with E-state index in [2.05, 4.69) is 5.16 Å². The van der Waals surface area contributed by atoms with Crippen molar-refractivity contribution < 1.29 is 14.7 Å². The zero-order valence-electron chi connectivity index (χ0n) is 11.3. The van der Waals surface area contributed by atoms with Crippen LogP contribution >= 0.6 is 0 Å². The average molecular weight is 271 g/mol. The van der Waals surface area contributed by atoms with E-state index in [1.807, 2.05) is 48.5 Å². The van der Waals surface area contributed by atoms with Crippen molar-refractivity contribution in [2.75, 3.05) is 13.7 Å². The minimum atomic E-state index is -0.00506. The highest BCUT2D eigenvalue weighted by molar-refractivity contribution is 6.01. The molecule has 0 aromatic heterocycles. The molecule has 4 heteroatoms. The third-order valence-electron chi connectivity index (χ3n) is 2.77. The number of aliphatic hydroxyl groups excluding tert-OH is 1. The largest absolute Gasteiger partial charge is 0.487 e. The fraction of sp³-hybridized carbons (Fsp3) is 0.188. The van der Waals surface area contributed by atoms with Crippen molar-refractivity contribution in [3.63, 3.8) is 0 Å². The summed E-state index contributed by atoms with van der Waals surface area (Å²) in [5.74, 6) is 0.691. The number of hydrogen-bond donors (Lipinski definition) is 1. The highest BCUT2D eigenvalue weighted by atomic mass is 16.6. The Hall–Kier alpha value is -2.33. The topological polar surface area (TPSA) is 51.0 Å². The van der Waals surface area contributed by atoms with Crippen molar-refractivity contribution in [1.82, 2.24) is 0 Å². The van der Waals surface area contributed by atoms with Crippen LogP contribution in [0.25, 0.3) is 0 Å². The normalized spacial score (nSPS) is 11.2. The fourth-order valence-electron chi connectivity index (χ4n) is 1.79. The van der Waals surface area contributed by atoms with Gasteiger partial charge in [0.2, 0.25) is 0 Å². The van der Waals surface area contributed by atoms with Crippen molar-refractivity contribution >= 4 is 5.71 Å². The van der Waals surface area contributed by atoms with E-state index in [0.717, 1.165) is 11.1 Å². The highest BCUT2D eigenvalue weighted by Gasteiger charge is 2.06. The van der Waals surface area contributed by atoms with Gasteiger partial charge in [-0.1, -0.05) is 47.6 Å². The van der Waals surface area contributed by atoms with Gasteiger partial charge in [0, 0.05) is 5.56 Å². The van der Waals surface area contributed by atoms with Crippen LogP contribution < -0.4 is 4.74 Å². The summed E-state index contributed by atoms with van der Waals surface area (Å²) in [5, 5.41) is 13.1. The Morgan fingerprint density at radius 2 is 1.90 bits per heavy atom. The summed E-state index contributed by atoms with van der Waals surface area (Å²) in [6, 6.07) is 17.0. The summed E-state index contributed by atoms with van der Waals surface area (Å²) >= 11 is 0. The number of aliphatic hydroxyl groups is 1. The van der Waals surface area contributed by atoms with Gasteiger partial charge in [0.1, 0.15) is 25.2 Å². The number of ether oxygens (including phenoxy) is 1.